The van der Waals surface area contributed by atoms with E-state index in [0.29, 0.717) is 22.8 Å². The van der Waals surface area contributed by atoms with Crippen LogP contribution >= 0.6 is 0 Å². The third-order valence-corrected chi connectivity index (χ3v) is 3.26. The van der Waals surface area contributed by atoms with Crippen molar-refractivity contribution in [1.82, 2.24) is 10.6 Å². The molecule has 1 amide bonds. The highest BCUT2D eigenvalue weighted by molar-refractivity contribution is 6.01. The van der Waals surface area contributed by atoms with Gasteiger partial charge in [-0.05, 0) is 26.0 Å². The van der Waals surface area contributed by atoms with Crippen LogP contribution in [0.25, 0.3) is 11.3 Å². The summed E-state index contributed by atoms with van der Waals surface area (Å²) in [6.07, 6.45) is 1.44. The van der Waals surface area contributed by atoms with Gasteiger partial charge in [-0.1, -0.05) is 35.5 Å². The maximum atomic E-state index is 12.4. The second-order valence-corrected chi connectivity index (χ2v) is 4.98. The number of amides is 1. The van der Waals surface area contributed by atoms with E-state index >= 15 is 0 Å². The predicted molar refractivity (Wildman–Crippen MR) is 85.2 cm³/mol. The molecule has 1 aromatic carbocycles. The molecular weight excluding hydrogens is 294 g/mol. The summed E-state index contributed by atoms with van der Waals surface area (Å²) in [7, 11) is 0. The SMILES string of the molecule is Cc1ccc(/C=N\NC(=O)c2c(-c3ccccc3)noc2C)o1. The monoisotopic (exact) mass is 309 g/mol. The number of nitrogens with zero attached hydrogens (tertiary/aromatic N) is 2. The first-order valence-electron chi connectivity index (χ1n) is 7.06. The number of furan rings is 1. The number of hydrogen-bond acceptors (Lipinski definition) is 5. The van der Waals surface area contributed by atoms with E-state index in [-0.39, 0.29) is 5.91 Å². The van der Waals surface area contributed by atoms with Crippen LogP contribution in [0.3, 0.4) is 0 Å². The van der Waals surface area contributed by atoms with E-state index in [9.17, 15) is 4.79 Å². The third kappa shape index (κ3) is 3.21. The average molecular weight is 309 g/mol. The first-order valence-corrected chi connectivity index (χ1v) is 7.06. The number of hydrogen-bond donors (Lipinski definition) is 1. The van der Waals surface area contributed by atoms with Crippen LogP contribution in [0.5, 0.6) is 0 Å². The fourth-order valence-electron chi connectivity index (χ4n) is 2.17. The molecule has 3 aromatic rings. The number of hydrazone groups is 1. The van der Waals surface area contributed by atoms with Crippen molar-refractivity contribution in [3.63, 3.8) is 0 Å². The van der Waals surface area contributed by atoms with Crippen molar-refractivity contribution < 1.29 is 13.7 Å². The molecule has 0 aliphatic rings. The molecule has 0 fully saturated rings. The highest BCUT2D eigenvalue weighted by Gasteiger charge is 2.21. The van der Waals surface area contributed by atoms with Crippen molar-refractivity contribution in [3.8, 4) is 11.3 Å². The summed E-state index contributed by atoms with van der Waals surface area (Å²) < 4.78 is 10.5. The molecule has 3 rings (SSSR count). The second kappa shape index (κ2) is 6.31. The van der Waals surface area contributed by atoms with Gasteiger partial charge in [0.05, 0.1) is 6.21 Å². The van der Waals surface area contributed by atoms with Crippen LogP contribution in [0.1, 0.15) is 27.6 Å². The minimum atomic E-state index is -0.387. The smallest absolute Gasteiger partial charge is 0.277 e. The zero-order valence-electron chi connectivity index (χ0n) is 12.7. The Kier molecular flexibility index (Phi) is 4.05. The zero-order chi connectivity index (χ0) is 16.2. The van der Waals surface area contributed by atoms with Crippen molar-refractivity contribution in [1.29, 1.82) is 0 Å². The number of aryl methyl sites for hydroxylation is 2. The lowest BCUT2D eigenvalue weighted by molar-refractivity contribution is 0.0954. The first-order chi connectivity index (χ1) is 11.1. The van der Waals surface area contributed by atoms with Crippen LogP contribution in [0, 0.1) is 13.8 Å². The Morgan fingerprint density at radius 3 is 2.65 bits per heavy atom. The number of rotatable bonds is 4. The fourth-order valence-corrected chi connectivity index (χ4v) is 2.17. The minimum Gasteiger partial charge on any atom is -0.460 e. The lowest BCUT2D eigenvalue weighted by Crippen LogP contribution is -2.18. The average Bonchev–Trinajstić information content (AvgIpc) is 3.14. The first kappa shape index (κ1) is 14.8. The molecule has 2 heterocycles. The van der Waals surface area contributed by atoms with E-state index < -0.39 is 0 Å². The van der Waals surface area contributed by atoms with Crippen molar-refractivity contribution in [3.05, 3.63) is 65.3 Å². The van der Waals surface area contributed by atoms with Crippen molar-refractivity contribution in [2.45, 2.75) is 13.8 Å². The Morgan fingerprint density at radius 2 is 1.96 bits per heavy atom. The Balaban J connectivity index is 1.80. The van der Waals surface area contributed by atoms with Gasteiger partial charge in [0.15, 0.2) is 0 Å². The van der Waals surface area contributed by atoms with E-state index in [2.05, 4.69) is 15.7 Å². The lowest BCUT2D eigenvalue weighted by atomic mass is 10.1. The molecule has 0 saturated carbocycles. The Bertz CT molecular complexity index is 847. The third-order valence-electron chi connectivity index (χ3n) is 3.26. The van der Waals surface area contributed by atoms with Crippen LogP contribution in [0.4, 0.5) is 0 Å². The summed E-state index contributed by atoms with van der Waals surface area (Å²) in [5.41, 5.74) is 4.13. The lowest BCUT2D eigenvalue weighted by Gasteiger charge is -2.01. The van der Waals surface area contributed by atoms with Crippen molar-refractivity contribution >= 4 is 12.1 Å². The zero-order valence-corrected chi connectivity index (χ0v) is 12.7. The largest absolute Gasteiger partial charge is 0.460 e. The Morgan fingerprint density at radius 1 is 1.17 bits per heavy atom. The van der Waals surface area contributed by atoms with E-state index in [1.807, 2.05) is 43.3 Å². The van der Waals surface area contributed by atoms with Gasteiger partial charge < -0.3 is 8.94 Å². The highest BCUT2D eigenvalue weighted by atomic mass is 16.5. The molecule has 116 valence electrons. The van der Waals surface area contributed by atoms with Crippen LogP contribution < -0.4 is 5.43 Å². The highest BCUT2D eigenvalue weighted by Crippen LogP contribution is 2.24. The molecule has 6 heteroatoms. The summed E-state index contributed by atoms with van der Waals surface area (Å²) >= 11 is 0. The van der Waals surface area contributed by atoms with Crippen LogP contribution in [-0.4, -0.2) is 17.3 Å². The van der Waals surface area contributed by atoms with Gasteiger partial charge in [0, 0.05) is 5.56 Å². The molecule has 0 unspecified atom stereocenters. The van der Waals surface area contributed by atoms with Gasteiger partial charge in [-0.15, -0.1) is 0 Å². The maximum absolute atomic E-state index is 12.4. The fraction of sp³-hybridized carbons (Fsp3) is 0.118. The van der Waals surface area contributed by atoms with Gasteiger partial charge in [0.1, 0.15) is 28.5 Å². The molecule has 0 radical (unpaired) electrons. The van der Waals surface area contributed by atoms with Gasteiger partial charge in [0.2, 0.25) is 0 Å². The minimum absolute atomic E-state index is 0.365. The number of benzene rings is 1. The standard InChI is InChI=1S/C17H15N3O3/c1-11-8-9-14(22-11)10-18-19-17(21)15-12(2)23-20-16(15)13-6-4-3-5-7-13/h3-10H,1-2H3,(H,19,21)/b18-10-. The molecule has 0 aliphatic heterocycles. The van der Waals surface area contributed by atoms with Gasteiger partial charge in [-0.3, -0.25) is 4.79 Å². The van der Waals surface area contributed by atoms with Crippen LogP contribution in [0.15, 0.2) is 56.5 Å². The maximum Gasteiger partial charge on any atom is 0.277 e. The molecule has 0 aliphatic carbocycles. The number of aromatic nitrogens is 1. The molecule has 0 bridgehead atoms. The molecule has 0 saturated heterocycles. The summed E-state index contributed by atoms with van der Waals surface area (Å²) in [4.78, 5) is 12.4. The van der Waals surface area contributed by atoms with Gasteiger partial charge in [-0.2, -0.15) is 5.10 Å². The predicted octanol–water partition coefficient (Wildman–Crippen LogP) is 3.32. The molecular formula is C17H15N3O3. The summed E-state index contributed by atoms with van der Waals surface area (Å²) in [5, 5.41) is 7.87. The van der Waals surface area contributed by atoms with Gasteiger partial charge >= 0.3 is 0 Å². The second-order valence-electron chi connectivity index (χ2n) is 4.98. The number of carbonyl (C=O) groups excluding carboxylic acids is 1. The summed E-state index contributed by atoms with van der Waals surface area (Å²) in [6.45, 7) is 3.52. The normalized spacial score (nSPS) is 11.0. The van der Waals surface area contributed by atoms with E-state index in [1.54, 1.807) is 13.0 Å². The molecule has 6 nitrogen and oxygen atoms in total. The van der Waals surface area contributed by atoms with E-state index in [4.69, 9.17) is 8.94 Å². The topological polar surface area (TPSA) is 80.6 Å². The molecule has 0 spiro atoms. The van der Waals surface area contributed by atoms with Gasteiger partial charge in [0.25, 0.3) is 5.91 Å². The van der Waals surface area contributed by atoms with E-state index in [0.717, 1.165) is 11.3 Å². The van der Waals surface area contributed by atoms with Crippen molar-refractivity contribution in [2.24, 2.45) is 5.10 Å². The van der Waals surface area contributed by atoms with Crippen LogP contribution in [-0.2, 0) is 0 Å². The van der Waals surface area contributed by atoms with Crippen molar-refractivity contribution in [2.75, 3.05) is 0 Å². The number of nitrogens with one attached hydrogen (secondary N) is 1. The Labute approximate surface area is 132 Å². The van der Waals surface area contributed by atoms with Gasteiger partial charge in [-0.25, -0.2) is 5.43 Å². The molecule has 1 N–H and O–H groups in total. The Hall–Kier alpha value is -3.15. The summed E-state index contributed by atoms with van der Waals surface area (Å²) in [5.74, 6) is 1.39. The number of carbonyl (C=O) groups is 1. The van der Waals surface area contributed by atoms with Crippen LogP contribution in [0.2, 0.25) is 0 Å². The van der Waals surface area contributed by atoms with E-state index in [1.165, 1.54) is 6.21 Å². The molecule has 23 heavy (non-hydrogen) atoms. The summed E-state index contributed by atoms with van der Waals surface area (Å²) in [6, 6.07) is 13.0. The molecule has 2 aromatic heterocycles. The quantitative estimate of drug-likeness (QED) is 0.592. The molecule has 0 atom stereocenters.